The molecule has 2 rings (SSSR count). The summed E-state index contributed by atoms with van der Waals surface area (Å²) in [6, 6.07) is 0. The third-order valence-corrected chi connectivity index (χ3v) is 5.52. The van der Waals surface area contributed by atoms with Gasteiger partial charge in [-0.2, -0.15) is 0 Å². The van der Waals surface area contributed by atoms with Crippen LogP contribution in [0.5, 0.6) is 0 Å². The maximum atomic E-state index is 11.9. The molecule has 1 atom stereocenters. The van der Waals surface area contributed by atoms with E-state index in [9.17, 15) is 4.79 Å². The van der Waals surface area contributed by atoms with E-state index in [2.05, 4.69) is 6.92 Å². The Hall–Kier alpha value is 0.170. The summed E-state index contributed by atoms with van der Waals surface area (Å²) in [7, 11) is 0. The van der Waals surface area contributed by atoms with Crippen molar-refractivity contribution in [1.29, 1.82) is 0 Å². The Bertz CT molecular complexity index is 204. The van der Waals surface area contributed by atoms with Gasteiger partial charge in [-0.3, -0.25) is 4.79 Å². The number of hydrogen-bond donors (Lipinski definition) is 0. The number of hydrogen-bond acceptors (Lipinski definition) is 3. The highest BCUT2D eigenvalue weighted by Crippen LogP contribution is 2.34. The minimum Gasteiger partial charge on any atom is -0.341 e. The topological polar surface area (TPSA) is 20.3 Å². The molecule has 0 aromatic rings. The zero-order valence-electron chi connectivity index (χ0n) is 7.86. The van der Waals surface area contributed by atoms with Gasteiger partial charge in [-0.15, -0.1) is 23.5 Å². The van der Waals surface area contributed by atoms with Gasteiger partial charge < -0.3 is 4.90 Å². The third-order valence-electron chi connectivity index (χ3n) is 2.56. The molecule has 2 aliphatic rings. The first-order valence-electron chi connectivity index (χ1n) is 4.79. The molecule has 13 heavy (non-hydrogen) atoms. The van der Waals surface area contributed by atoms with Crippen molar-refractivity contribution in [1.82, 2.24) is 4.90 Å². The predicted molar refractivity (Wildman–Crippen MR) is 59.1 cm³/mol. The van der Waals surface area contributed by atoms with Crippen molar-refractivity contribution in [2.45, 2.75) is 17.9 Å². The van der Waals surface area contributed by atoms with Crippen LogP contribution in [-0.2, 0) is 4.79 Å². The van der Waals surface area contributed by atoms with Gasteiger partial charge in [0.05, 0.1) is 0 Å². The van der Waals surface area contributed by atoms with Crippen LogP contribution in [0.4, 0.5) is 0 Å². The summed E-state index contributed by atoms with van der Waals surface area (Å²) in [5, 5.41) is 0. The van der Waals surface area contributed by atoms with Crippen LogP contribution in [0.15, 0.2) is 0 Å². The molecule has 0 N–H and O–H groups in total. The molecule has 4 heteroatoms. The largest absolute Gasteiger partial charge is 0.341 e. The third kappa shape index (κ3) is 2.15. The molecule has 0 saturated carbocycles. The lowest BCUT2D eigenvalue weighted by atomic mass is 10.2. The van der Waals surface area contributed by atoms with Crippen LogP contribution in [0.25, 0.3) is 0 Å². The highest BCUT2D eigenvalue weighted by Gasteiger charge is 2.31. The van der Waals surface area contributed by atoms with Gasteiger partial charge >= 0.3 is 0 Å². The van der Waals surface area contributed by atoms with Crippen LogP contribution >= 0.6 is 23.5 Å². The number of amides is 1. The summed E-state index contributed by atoms with van der Waals surface area (Å²) in [4.78, 5) is 13.9. The second-order valence-corrected chi connectivity index (χ2v) is 6.48. The first kappa shape index (κ1) is 9.71. The van der Waals surface area contributed by atoms with Gasteiger partial charge in [0.2, 0.25) is 5.91 Å². The van der Waals surface area contributed by atoms with Gasteiger partial charge in [-0.1, -0.05) is 6.92 Å². The molecular weight excluding hydrogens is 202 g/mol. The molecule has 0 radical (unpaired) electrons. The van der Waals surface area contributed by atoms with Crippen molar-refractivity contribution in [3.8, 4) is 0 Å². The summed E-state index contributed by atoms with van der Waals surface area (Å²) in [5.74, 6) is 3.37. The fourth-order valence-electron chi connectivity index (χ4n) is 1.79. The molecule has 0 bridgehead atoms. The number of carbonyl (C=O) groups excluding carboxylic acids is 1. The van der Waals surface area contributed by atoms with E-state index in [-0.39, 0.29) is 4.58 Å². The summed E-state index contributed by atoms with van der Waals surface area (Å²) in [6.07, 6.45) is 1.19. The molecule has 1 unspecified atom stereocenters. The molecule has 1 amide bonds. The van der Waals surface area contributed by atoms with Gasteiger partial charge in [0.15, 0.2) is 0 Å². The molecule has 74 valence electrons. The van der Waals surface area contributed by atoms with Gasteiger partial charge in [-0.05, 0) is 12.3 Å². The maximum Gasteiger partial charge on any atom is 0.245 e. The van der Waals surface area contributed by atoms with E-state index in [1.54, 1.807) is 0 Å². The van der Waals surface area contributed by atoms with Crippen LogP contribution < -0.4 is 0 Å². The van der Waals surface area contributed by atoms with E-state index in [0.717, 1.165) is 24.6 Å². The Morgan fingerprint density at radius 2 is 2.08 bits per heavy atom. The number of rotatable bonds is 1. The summed E-state index contributed by atoms with van der Waals surface area (Å²) >= 11 is 3.62. The minimum atomic E-state index is 0.213. The molecule has 0 aromatic carbocycles. The highest BCUT2D eigenvalue weighted by atomic mass is 32.2. The lowest BCUT2D eigenvalue weighted by Gasteiger charge is -2.18. The normalized spacial score (nSPS) is 29.9. The highest BCUT2D eigenvalue weighted by molar-refractivity contribution is 8.21. The lowest BCUT2D eigenvalue weighted by molar-refractivity contribution is -0.128. The van der Waals surface area contributed by atoms with Crippen LogP contribution in [0, 0.1) is 5.92 Å². The molecule has 0 aromatic heterocycles. The zero-order valence-corrected chi connectivity index (χ0v) is 9.50. The second-order valence-electron chi connectivity index (χ2n) is 3.75. The van der Waals surface area contributed by atoms with Crippen molar-refractivity contribution >= 4 is 29.4 Å². The molecule has 2 aliphatic heterocycles. The second kappa shape index (κ2) is 4.13. The Balaban J connectivity index is 1.89. The number of nitrogens with zero attached hydrogens (tertiary/aromatic N) is 1. The average molecular weight is 217 g/mol. The van der Waals surface area contributed by atoms with Crippen molar-refractivity contribution in [3.05, 3.63) is 0 Å². The van der Waals surface area contributed by atoms with Gasteiger partial charge in [0.1, 0.15) is 4.58 Å². The average Bonchev–Trinajstić information content (AvgIpc) is 2.72. The number of thioether (sulfide) groups is 2. The standard InChI is InChI=1S/C9H15NOS2/c1-7-2-3-10(6-7)8(11)9-12-4-5-13-9/h7,9H,2-6H2,1H3. The predicted octanol–water partition coefficient (Wildman–Crippen LogP) is 1.66. The van der Waals surface area contributed by atoms with E-state index in [4.69, 9.17) is 0 Å². The molecule has 2 saturated heterocycles. The SMILES string of the molecule is CC1CCN(C(=O)C2SCCS2)C1. The molecular formula is C9H15NOS2. The first-order chi connectivity index (χ1) is 6.27. The van der Waals surface area contributed by atoms with Gasteiger partial charge in [0, 0.05) is 24.6 Å². The molecule has 2 nitrogen and oxygen atoms in total. The molecule has 0 spiro atoms. The van der Waals surface area contributed by atoms with Crippen molar-refractivity contribution in [2.24, 2.45) is 5.92 Å². The Morgan fingerprint density at radius 1 is 1.38 bits per heavy atom. The minimum absolute atomic E-state index is 0.213. The Kier molecular flexibility index (Phi) is 3.09. The summed E-state index contributed by atoms with van der Waals surface area (Å²) < 4.78 is 0.213. The van der Waals surface area contributed by atoms with Crippen molar-refractivity contribution in [2.75, 3.05) is 24.6 Å². The lowest BCUT2D eigenvalue weighted by Crippen LogP contribution is -2.33. The van der Waals surface area contributed by atoms with E-state index < -0.39 is 0 Å². The first-order valence-corrected chi connectivity index (χ1v) is 6.89. The smallest absolute Gasteiger partial charge is 0.245 e. The van der Waals surface area contributed by atoms with Gasteiger partial charge in [0.25, 0.3) is 0 Å². The Labute approximate surface area is 87.8 Å². The van der Waals surface area contributed by atoms with Crippen molar-refractivity contribution in [3.63, 3.8) is 0 Å². The maximum absolute atomic E-state index is 11.9. The Morgan fingerprint density at radius 3 is 2.62 bits per heavy atom. The van der Waals surface area contributed by atoms with Crippen LogP contribution in [0.1, 0.15) is 13.3 Å². The molecule has 2 fully saturated rings. The van der Waals surface area contributed by atoms with Crippen LogP contribution in [-0.4, -0.2) is 40.0 Å². The summed E-state index contributed by atoms with van der Waals surface area (Å²) in [6.45, 7) is 4.19. The van der Waals surface area contributed by atoms with Crippen LogP contribution in [0.2, 0.25) is 0 Å². The fraction of sp³-hybridized carbons (Fsp3) is 0.889. The van der Waals surface area contributed by atoms with E-state index in [0.29, 0.717) is 11.8 Å². The van der Waals surface area contributed by atoms with Crippen LogP contribution in [0.3, 0.4) is 0 Å². The number of carbonyl (C=O) groups is 1. The van der Waals surface area contributed by atoms with E-state index >= 15 is 0 Å². The van der Waals surface area contributed by atoms with Gasteiger partial charge in [-0.25, -0.2) is 0 Å². The van der Waals surface area contributed by atoms with E-state index in [1.165, 1.54) is 6.42 Å². The summed E-state index contributed by atoms with van der Waals surface area (Å²) in [5.41, 5.74) is 0. The quantitative estimate of drug-likeness (QED) is 0.666. The zero-order chi connectivity index (χ0) is 9.26. The molecule has 0 aliphatic carbocycles. The number of likely N-dealkylation sites (tertiary alicyclic amines) is 1. The fourth-order valence-corrected chi connectivity index (χ4v) is 4.53. The van der Waals surface area contributed by atoms with Crippen molar-refractivity contribution < 1.29 is 4.79 Å². The van der Waals surface area contributed by atoms with E-state index in [1.807, 2.05) is 28.4 Å². The monoisotopic (exact) mass is 217 g/mol. The molecule has 2 heterocycles.